The molecule has 4 atom stereocenters. The smallest absolute Gasteiger partial charge is 0.347 e. The topological polar surface area (TPSA) is 189 Å². The SMILES string of the molecule is O=C(CNC(=O)[C@@H]1CC[C@@H]2CN1C(=O)N2OS(=O)(=O)O)[C@@H]1C[C@H](n2cnnn2)CN1. The number of rotatable bonds is 7. The molecule has 3 aliphatic heterocycles. The molecule has 16 heteroatoms. The van der Waals surface area contributed by atoms with E-state index in [0.717, 1.165) is 0 Å². The number of fused-ring (bicyclic) bond motifs is 2. The molecule has 15 nitrogen and oxygen atoms in total. The fourth-order valence-corrected chi connectivity index (χ4v) is 4.41. The number of carbonyl (C=O) groups excluding carboxylic acids is 3. The van der Waals surface area contributed by atoms with Crippen molar-refractivity contribution in [3.05, 3.63) is 6.33 Å². The highest BCUT2D eigenvalue weighted by atomic mass is 32.3. The monoisotopic (exact) mass is 444 g/mol. The van der Waals surface area contributed by atoms with Crippen LogP contribution in [0.5, 0.6) is 0 Å². The van der Waals surface area contributed by atoms with Gasteiger partial charge in [-0.1, -0.05) is 0 Å². The van der Waals surface area contributed by atoms with E-state index in [1.54, 1.807) is 4.68 Å². The Kier molecular flexibility index (Phi) is 5.39. The lowest BCUT2D eigenvalue weighted by atomic mass is 10.00. The fraction of sp³-hybridized carbons (Fsp3) is 0.714. The minimum Gasteiger partial charge on any atom is -0.347 e. The summed E-state index contributed by atoms with van der Waals surface area (Å²) in [7, 11) is -4.86. The maximum absolute atomic E-state index is 12.6. The number of hydrogen-bond acceptors (Lipinski definition) is 10. The Morgan fingerprint density at radius 3 is 2.83 bits per heavy atom. The van der Waals surface area contributed by atoms with Gasteiger partial charge in [-0.05, 0) is 29.7 Å². The zero-order chi connectivity index (χ0) is 21.5. The van der Waals surface area contributed by atoms with Crippen LogP contribution in [0.2, 0.25) is 0 Å². The fourth-order valence-electron chi connectivity index (χ4n) is 4.02. The summed E-state index contributed by atoms with van der Waals surface area (Å²) < 4.78 is 36.6. The van der Waals surface area contributed by atoms with Crippen LogP contribution in [0, 0.1) is 0 Å². The average Bonchev–Trinajstić information content (AvgIpc) is 3.43. The van der Waals surface area contributed by atoms with Gasteiger partial charge in [-0.2, -0.15) is 13.5 Å². The number of urea groups is 1. The summed E-state index contributed by atoms with van der Waals surface area (Å²) in [6.45, 7) is 0.384. The molecule has 3 fully saturated rings. The zero-order valence-corrected chi connectivity index (χ0v) is 16.4. The lowest BCUT2D eigenvalue weighted by Crippen LogP contribution is -2.51. The minimum atomic E-state index is -4.86. The highest BCUT2D eigenvalue weighted by molar-refractivity contribution is 7.80. The van der Waals surface area contributed by atoms with Gasteiger partial charge >= 0.3 is 16.4 Å². The van der Waals surface area contributed by atoms with Crippen LogP contribution in [0.15, 0.2) is 6.33 Å². The van der Waals surface area contributed by atoms with E-state index >= 15 is 0 Å². The molecule has 3 N–H and O–H groups in total. The lowest BCUT2D eigenvalue weighted by molar-refractivity contribution is -0.129. The molecule has 0 radical (unpaired) electrons. The Balaban J connectivity index is 1.29. The Hall–Kier alpha value is -2.69. The number of carbonyl (C=O) groups is 3. The highest BCUT2D eigenvalue weighted by Gasteiger charge is 2.49. The molecule has 3 saturated heterocycles. The second-order valence-electron chi connectivity index (χ2n) is 7.33. The van der Waals surface area contributed by atoms with Crippen LogP contribution in [0.25, 0.3) is 0 Å². The highest BCUT2D eigenvalue weighted by Crippen LogP contribution is 2.30. The number of tetrazole rings is 1. The van der Waals surface area contributed by atoms with E-state index < -0.39 is 40.5 Å². The first-order valence-corrected chi connectivity index (χ1v) is 10.6. The molecule has 2 bridgehead atoms. The van der Waals surface area contributed by atoms with Gasteiger partial charge in [0, 0.05) is 13.1 Å². The Morgan fingerprint density at radius 1 is 1.33 bits per heavy atom. The third kappa shape index (κ3) is 4.11. The van der Waals surface area contributed by atoms with Gasteiger partial charge in [0.2, 0.25) is 5.91 Å². The summed E-state index contributed by atoms with van der Waals surface area (Å²) >= 11 is 0. The van der Waals surface area contributed by atoms with Crippen LogP contribution in [0.3, 0.4) is 0 Å². The van der Waals surface area contributed by atoms with Crippen LogP contribution in [-0.2, 0) is 24.3 Å². The van der Waals surface area contributed by atoms with Crippen molar-refractivity contribution in [3.8, 4) is 0 Å². The molecule has 0 aliphatic carbocycles. The molecule has 1 aromatic heterocycles. The molecular formula is C14H20N8O7S. The molecule has 0 aromatic carbocycles. The van der Waals surface area contributed by atoms with E-state index in [4.69, 9.17) is 4.55 Å². The summed E-state index contributed by atoms with van der Waals surface area (Å²) in [4.78, 5) is 38.5. The van der Waals surface area contributed by atoms with E-state index in [9.17, 15) is 22.8 Å². The maximum Gasteiger partial charge on any atom is 0.418 e. The van der Waals surface area contributed by atoms with Crippen LogP contribution >= 0.6 is 0 Å². The van der Waals surface area contributed by atoms with Crippen LogP contribution < -0.4 is 10.6 Å². The first kappa shape index (κ1) is 20.6. The van der Waals surface area contributed by atoms with Gasteiger partial charge in [0.15, 0.2) is 5.78 Å². The third-order valence-corrected chi connectivity index (χ3v) is 5.82. The molecule has 4 rings (SSSR count). The van der Waals surface area contributed by atoms with E-state index in [0.29, 0.717) is 24.4 Å². The summed E-state index contributed by atoms with van der Waals surface area (Å²) in [6.07, 6.45) is 2.53. The van der Waals surface area contributed by atoms with Crippen molar-refractivity contribution >= 4 is 28.1 Å². The number of Topliss-reactive ketones (excluding diaryl/α,β-unsaturated/α-hetero) is 1. The molecule has 0 saturated carbocycles. The molecule has 4 heterocycles. The Morgan fingerprint density at radius 2 is 2.13 bits per heavy atom. The van der Waals surface area contributed by atoms with E-state index in [1.807, 2.05) is 0 Å². The second kappa shape index (κ2) is 7.86. The molecular weight excluding hydrogens is 424 g/mol. The Labute approximate surface area is 170 Å². The molecule has 0 spiro atoms. The van der Waals surface area contributed by atoms with Gasteiger partial charge in [0.05, 0.1) is 24.7 Å². The molecule has 164 valence electrons. The lowest BCUT2D eigenvalue weighted by Gasteiger charge is -2.29. The van der Waals surface area contributed by atoms with E-state index in [1.165, 1.54) is 11.2 Å². The first-order valence-electron chi connectivity index (χ1n) is 9.26. The standard InChI is InChI=1S/C14H20N8O7S/c23-12(10-3-9(4-15-10)21-7-17-18-19-21)5-16-13(24)11-2-1-8-6-20(11)14(25)22(8)29-30(26,27)28/h7-11,15H,1-6H2,(H,16,24)(H,26,27,28)/t8-,9+,10+,11+/m1/s1. The van der Waals surface area contributed by atoms with Gasteiger partial charge in [-0.3, -0.25) is 14.1 Å². The summed E-state index contributed by atoms with van der Waals surface area (Å²) in [5, 5.41) is 17.1. The van der Waals surface area contributed by atoms with Gasteiger partial charge in [-0.15, -0.1) is 9.38 Å². The average molecular weight is 444 g/mol. The summed E-state index contributed by atoms with van der Waals surface area (Å²) in [5.74, 6) is -0.726. The normalized spacial score (nSPS) is 28.8. The number of hydrogen-bond donors (Lipinski definition) is 3. The van der Waals surface area contributed by atoms with Gasteiger partial charge < -0.3 is 15.5 Å². The zero-order valence-electron chi connectivity index (χ0n) is 15.6. The number of aromatic nitrogens is 4. The number of hydroxylamine groups is 2. The van der Waals surface area contributed by atoms with Gasteiger partial charge in [0.1, 0.15) is 12.4 Å². The quantitative estimate of drug-likeness (QED) is 0.370. The van der Waals surface area contributed by atoms with Crippen LogP contribution in [0.4, 0.5) is 4.79 Å². The largest absolute Gasteiger partial charge is 0.418 e. The third-order valence-electron chi connectivity index (χ3n) is 5.47. The van der Waals surface area contributed by atoms with Crippen molar-refractivity contribution < 1.29 is 31.6 Å². The predicted octanol–water partition coefficient (Wildman–Crippen LogP) is -2.74. The number of nitrogens with zero attached hydrogens (tertiary/aromatic N) is 6. The minimum absolute atomic E-state index is 0.0593. The number of nitrogens with one attached hydrogen (secondary N) is 2. The van der Waals surface area contributed by atoms with Crippen molar-refractivity contribution in [1.29, 1.82) is 0 Å². The van der Waals surface area contributed by atoms with Crippen LogP contribution in [0.1, 0.15) is 25.3 Å². The van der Waals surface area contributed by atoms with Crippen molar-refractivity contribution in [3.63, 3.8) is 0 Å². The maximum atomic E-state index is 12.6. The van der Waals surface area contributed by atoms with Gasteiger partial charge in [0.25, 0.3) is 0 Å². The number of amides is 3. The summed E-state index contributed by atoms with van der Waals surface area (Å²) in [6, 6.07) is -2.79. The van der Waals surface area contributed by atoms with Crippen molar-refractivity contribution in [2.24, 2.45) is 0 Å². The molecule has 3 amide bonds. The molecule has 30 heavy (non-hydrogen) atoms. The van der Waals surface area contributed by atoms with Crippen molar-refractivity contribution in [2.45, 2.75) is 43.4 Å². The number of ketones is 1. The molecule has 1 aromatic rings. The van der Waals surface area contributed by atoms with E-state index in [2.05, 4.69) is 30.4 Å². The second-order valence-corrected chi connectivity index (χ2v) is 8.34. The number of piperidine rings is 1. The van der Waals surface area contributed by atoms with Crippen molar-refractivity contribution in [1.82, 2.24) is 40.8 Å². The van der Waals surface area contributed by atoms with E-state index in [-0.39, 0.29) is 31.3 Å². The summed E-state index contributed by atoms with van der Waals surface area (Å²) in [5.41, 5.74) is 0. The predicted molar refractivity (Wildman–Crippen MR) is 94.7 cm³/mol. The molecule has 0 unspecified atom stereocenters. The Bertz CT molecular complexity index is 938. The van der Waals surface area contributed by atoms with Crippen LogP contribution in [-0.4, -0.2) is 98.6 Å². The first-order chi connectivity index (χ1) is 14.2. The molecule has 3 aliphatic rings. The van der Waals surface area contributed by atoms with Crippen molar-refractivity contribution in [2.75, 3.05) is 19.6 Å². The van der Waals surface area contributed by atoms with Gasteiger partial charge in [-0.25, -0.2) is 9.48 Å².